The Labute approximate surface area is 147 Å². The van der Waals surface area contributed by atoms with Crippen molar-refractivity contribution in [3.8, 4) is 6.07 Å². The predicted octanol–water partition coefficient (Wildman–Crippen LogP) is 1.79. The number of rotatable bonds is 4. The van der Waals surface area contributed by atoms with E-state index >= 15 is 0 Å². The molecule has 1 fully saturated rings. The van der Waals surface area contributed by atoms with Crippen molar-refractivity contribution in [3.05, 3.63) is 47.8 Å². The van der Waals surface area contributed by atoms with Crippen LogP contribution in [0.3, 0.4) is 0 Å². The van der Waals surface area contributed by atoms with Crippen LogP contribution in [0.1, 0.15) is 18.2 Å². The van der Waals surface area contributed by atoms with Crippen LogP contribution in [0, 0.1) is 17.2 Å². The first-order valence-electron chi connectivity index (χ1n) is 8.72. The van der Waals surface area contributed by atoms with E-state index in [1.807, 2.05) is 41.2 Å². The largest absolute Gasteiger partial charge is 0.325 e. The van der Waals surface area contributed by atoms with Gasteiger partial charge in [0.2, 0.25) is 5.91 Å². The highest BCUT2D eigenvalue weighted by atomic mass is 16.2. The number of carbonyl (C=O) groups is 1. The number of likely N-dealkylation sites (tertiary alicyclic amines) is 1. The van der Waals surface area contributed by atoms with Crippen molar-refractivity contribution in [1.82, 2.24) is 14.7 Å². The first kappa shape index (κ1) is 15.9. The van der Waals surface area contributed by atoms with E-state index in [4.69, 9.17) is 0 Å². The smallest absolute Gasteiger partial charge is 0.237 e. The fourth-order valence-corrected chi connectivity index (χ4v) is 4.23. The lowest BCUT2D eigenvalue weighted by Crippen LogP contribution is -2.42. The quantitative estimate of drug-likeness (QED) is 0.924. The first-order valence-corrected chi connectivity index (χ1v) is 8.72. The molecule has 1 aromatic heterocycles. The number of nitriles is 1. The summed E-state index contributed by atoms with van der Waals surface area (Å²) in [5, 5.41) is 17.0. The molecule has 1 spiro atoms. The fourth-order valence-electron chi connectivity index (χ4n) is 4.23. The van der Waals surface area contributed by atoms with Crippen LogP contribution in [-0.4, -0.2) is 40.2 Å². The topological polar surface area (TPSA) is 74.0 Å². The highest BCUT2D eigenvalue weighted by Crippen LogP contribution is 2.47. The Morgan fingerprint density at radius 3 is 3.04 bits per heavy atom. The van der Waals surface area contributed by atoms with Gasteiger partial charge in [-0.2, -0.15) is 10.4 Å². The zero-order valence-corrected chi connectivity index (χ0v) is 14.3. The SMILES string of the molecule is CCn1nccc1CCN1CC(C#N)C2(C1)C(=O)Nc1ccccc12. The van der Waals surface area contributed by atoms with Crippen molar-refractivity contribution in [1.29, 1.82) is 5.26 Å². The Kier molecular flexibility index (Phi) is 3.81. The second-order valence-electron chi connectivity index (χ2n) is 6.78. The van der Waals surface area contributed by atoms with Gasteiger partial charge in [-0.1, -0.05) is 18.2 Å². The molecule has 2 aliphatic heterocycles. The van der Waals surface area contributed by atoms with Gasteiger partial charge in [0, 0.05) is 50.2 Å². The maximum absolute atomic E-state index is 12.8. The summed E-state index contributed by atoms with van der Waals surface area (Å²) in [6, 6.07) is 12.2. The molecule has 1 amide bonds. The molecule has 0 saturated carbocycles. The van der Waals surface area contributed by atoms with Gasteiger partial charge in [-0.3, -0.25) is 9.48 Å². The number of nitrogens with one attached hydrogen (secondary N) is 1. The molecule has 2 aliphatic rings. The Balaban J connectivity index is 1.57. The zero-order valence-electron chi connectivity index (χ0n) is 14.3. The van der Waals surface area contributed by atoms with Crippen molar-refractivity contribution in [2.45, 2.75) is 25.3 Å². The molecule has 25 heavy (non-hydrogen) atoms. The molecule has 2 unspecified atom stereocenters. The van der Waals surface area contributed by atoms with Crippen molar-refractivity contribution in [2.24, 2.45) is 5.92 Å². The van der Waals surface area contributed by atoms with Crippen LogP contribution in [0.5, 0.6) is 0 Å². The van der Waals surface area contributed by atoms with Crippen molar-refractivity contribution < 1.29 is 4.79 Å². The van der Waals surface area contributed by atoms with Gasteiger partial charge in [0.1, 0.15) is 5.41 Å². The Bertz CT molecular complexity index is 851. The number of anilines is 1. The Morgan fingerprint density at radius 1 is 1.40 bits per heavy atom. The van der Waals surface area contributed by atoms with E-state index in [1.54, 1.807) is 0 Å². The minimum atomic E-state index is -0.740. The number of amides is 1. The number of benzene rings is 1. The third-order valence-electron chi connectivity index (χ3n) is 5.51. The minimum Gasteiger partial charge on any atom is -0.325 e. The molecular formula is C19H21N5O. The molecule has 0 bridgehead atoms. The van der Waals surface area contributed by atoms with Crippen LogP contribution in [0.15, 0.2) is 36.5 Å². The molecule has 1 aromatic carbocycles. The zero-order chi connectivity index (χ0) is 17.4. The third kappa shape index (κ3) is 2.35. The van der Waals surface area contributed by atoms with E-state index in [2.05, 4.69) is 28.3 Å². The summed E-state index contributed by atoms with van der Waals surface area (Å²) in [5.41, 5.74) is 2.26. The number of aromatic nitrogens is 2. The molecule has 1 N–H and O–H groups in total. The van der Waals surface area contributed by atoms with Crippen LogP contribution < -0.4 is 5.32 Å². The maximum atomic E-state index is 12.8. The predicted molar refractivity (Wildman–Crippen MR) is 93.9 cm³/mol. The molecule has 2 aromatic rings. The number of carbonyl (C=O) groups excluding carboxylic acids is 1. The molecule has 6 nitrogen and oxygen atoms in total. The van der Waals surface area contributed by atoms with Crippen LogP contribution in [0.2, 0.25) is 0 Å². The molecule has 4 rings (SSSR count). The lowest BCUT2D eigenvalue weighted by molar-refractivity contribution is -0.121. The Hall–Kier alpha value is -2.65. The maximum Gasteiger partial charge on any atom is 0.237 e. The van der Waals surface area contributed by atoms with E-state index in [0.29, 0.717) is 13.1 Å². The average molecular weight is 335 g/mol. The van der Waals surface area contributed by atoms with Crippen LogP contribution in [-0.2, 0) is 23.2 Å². The molecule has 6 heteroatoms. The Morgan fingerprint density at radius 2 is 2.24 bits per heavy atom. The number of aryl methyl sites for hydroxylation is 1. The molecule has 1 saturated heterocycles. The van der Waals surface area contributed by atoms with Crippen LogP contribution in [0.25, 0.3) is 0 Å². The summed E-state index contributed by atoms with van der Waals surface area (Å²) in [5.74, 6) is -0.367. The summed E-state index contributed by atoms with van der Waals surface area (Å²) in [7, 11) is 0. The van der Waals surface area contributed by atoms with Crippen molar-refractivity contribution in [2.75, 3.05) is 25.0 Å². The van der Waals surface area contributed by atoms with Gasteiger partial charge in [0.15, 0.2) is 0 Å². The van der Waals surface area contributed by atoms with Gasteiger partial charge in [0.25, 0.3) is 0 Å². The van der Waals surface area contributed by atoms with E-state index < -0.39 is 5.41 Å². The third-order valence-corrected chi connectivity index (χ3v) is 5.51. The van der Waals surface area contributed by atoms with Gasteiger partial charge >= 0.3 is 0 Å². The number of nitrogens with zero attached hydrogens (tertiary/aromatic N) is 4. The van der Waals surface area contributed by atoms with E-state index in [-0.39, 0.29) is 11.8 Å². The molecule has 128 valence electrons. The summed E-state index contributed by atoms with van der Waals surface area (Å²) < 4.78 is 1.99. The normalized spacial score (nSPS) is 25.1. The lowest BCUT2D eigenvalue weighted by Gasteiger charge is -2.24. The molecule has 3 heterocycles. The highest BCUT2D eigenvalue weighted by molar-refractivity contribution is 6.07. The number of fused-ring (bicyclic) bond motifs is 2. The number of para-hydroxylation sites is 1. The minimum absolute atomic E-state index is 0.0404. The number of hydrogen-bond acceptors (Lipinski definition) is 4. The van der Waals surface area contributed by atoms with Gasteiger partial charge in [-0.15, -0.1) is 0 Å². The van der Waals surface area contributed by atoms with Gasteiger partial charge in [-0.05, 0) is 24.6 Å². The van der Waals surface area contributed by atoms with Crippen molar-refractivity contribution >= 4 is 11.6 Å². The summed E-state index contributed by atoms with van der Waals surface area (Å²) in [6.45, 7) is 4.96. The monoisotopic (exact) mass is 335 g/mol. The summed E-state index contributed by atoms with van der Waals surface area (Å²) in [4.78, 5) is 15.0. The lowest BCUT2D eigenvalue weighted by atomic mass is 9.74. The molecule has 0 aliphatic carbocycles. The van der Waals surface area contributed by atoms with Crippen LogP contribution in [0.4, 0.5) is 5.69 Å². The standard InChI is InChI=1S/C19H21N5O/c1-2-24-15(7-9-21-24)8-10-23-12-14(11-20)19(13-23)16-5-3-4-6-17(16)22-18(19)25/h3-7,9,14H,2,8,10,12-13H2,1H3,(H,22,25). The van der Waals surface area contributed by atoms with E-state index in [0.717, 1.165) is 30.8 Å². The molecular weight excluding hydrogens is 314 g/mol. The van der Waals surface area contributed by atoms with Gasteiger partial charge in [0.05, 0.1) is 12.0 Å². The van der Waals surface area contributed by atoms with Gasteiger partial charge < -0.3 is 10.2 Å². The van der Waals surface area contributed by atoms with Crippen LogP contribution >= 0.6 is 0 Å². The second kappa shape index (κ2) is 6.01. The fraction of sp³-hybridized carbons (Fsp3) is 0.421. The summed E-state index contributed by atoms with van der Waals surface area (Å²) >= 11 is 0. The summed E-state index contributed by atoms with van der Waals surface area (Å²) in [6.07, 6.45) is 2.69. The average Bonchev–Trinajstić information content (AvgIpc) is 3.31. The highest BCUT2D eigenvalue weighted by Gasteiger charge is 2.57. The number of hydrogen-bond donors (Lipinski definition) is 1. The molecule has 2 atom stereocenters. The first-order chi connectivity index (χ1) is 12.2. The van der Waals surface area contributed by atoms with E-state index in [1.165, 1.54) is 5.69 Å². The van der Waals surface area contributed by atoms with Crippen molar-refractivity contribution in [3.63, 3.8) is 0 Å². The molecule has 0 radical (unpaired) electrons. The van der Waals surface area contributed by atoms with E-state index in [9.17, 15) is 10.1 Å². The second-order valence-corrected chi connectivity index (χ2v) is 6.78. The van der Waals surface area contributed by atoms with Gasteiger partial charge in [-0.25, -0.2) is 0 Å².